The van der Waals surface area contributed by atoms with Gasteiger partial charge in [-0.15, -0.1) is 0 Å². The van der Waals surface area contributed by atoms with Crippen LogP contribution in [0, 0.1) is 0 Å². The number of esters is 1. The molecule has 0 radical (unpaired) electrons. The van der Waals surface area contributed by atoms with Gasteiger partial charge in [-0.2, -0.15) is 0 Å². The standard InChI is InChI=1S/C14H22N2O3/c1-3-16(4-2)9-10-19-14(18)13(17)11-5-7-12(15)8-6-11/h5-8,13,17H,3-4,9-10,15H2,1-2H3. The normalized spacial score (nSPS) is 12.4. The largest absolute Gasteiger partial charge is 0.462 e. The summed E-state index contributed by atoms with van der Waals surface area (Å²) in [4.78, 5) is 13.8. The second-order valence-electron chi connectivity index (χ2n) is 4.26. The number of hydrogen-bond acceptors (Lipinski definition) is 5. The summed E-state index contributed by atoms with van der Waals surface area (Å²) in [5.74, 6) is -0.628. The SMILES string of the molecule is CCN(CC)CCOC(=O)C(O)c1ccc(N)cc1. The van der Waals surface area contributed by atoms with E-state index in [1.807, 2.05) is 0 Å². The second kappa shape index (κ2) is 7.76. The Hall–Kier alpha value is -1.59. The number of aliphatic hydroxyl groups excluding tert-OH is 1. The first-order valence-electron chi connectivity index (χ1n) is 6.51. The van der Waals surface area contributed by atoms with E-state index in [1.165, 1.54) is 0 Å². The number of nitrogens with zero attached hydrogens (tertiary/aromatic N) is 1. The van der Waals surface area contributed by atoms with Crippen LogP contribution in [0.1, 0.15) is 25.5 Å². The molecule has 5 heteroatoms. The van der Waals surface area contributed by atoms with Gasteiger partial charge in [-0.1, -0.05) is 26.0 Å². The van der Waals surface area contributed by atoms with E-state index in [1.54, 1.807) is 24.3 Å². The molecular formula is C14H22N2O3. The Morgan fingerprint density at radius 1 is 1.32 bits per heavy atom. The fourth-order valence-electron chi connectivity index (χ4n) is 1.71. The highest BCUT2D eigenvalue weighted by atomic mass is 16.5. The smallest absolute Gasteiger partial charge is 0.339 e. The van der Waals surface area contributed by atoms with Crippen LogP contribution < -0.4 is 5.73 Å². The minimum absolute atomic E-state index is 0.284. The van der Waals surface area contributed by atoms with E-state index in [2.05, 4.69) is 18.7 Å². The maximum atomic E-state index is 11.7. The zero-order chi connectivity index (χ0) is 14.3. The van der Waals surface area contributed by atoms with E-state index in [4.69, 9.17) is 10.5 Å². The topological polar surface area (TPSA) is 75.8 Å². The predicted molar refractivity (Wildman–Crippen MR) is 74.6 cm³/mol. The molecule has 19 heavy (non-hydrogen) atoms. The van der Waals surface area contributed by atoms with Crippen molar-refractivity contribution in [2.45, 2.75) is 20.0 Å². The van der Waals surface area contributed by atoms with E-state index in [-0.39, 0.29) is 6.61 Å². The van der Waals surface area contributed by atoms with Crippen LogP contribution in [0.5, 0.6) is 0 Å². The highest BCUT2D eigenvalue weighted by Crippen LogP contribution is 2.16. The van der Waals surface area contributed by atoms with Gasteiger partial charge in [0.25, 0.3) is 0 Å². The minimum Gasteiger partial charge on any atom is -0.462 e. The summed E-state index contributed by atoms with van der Waals surface area (Å²) in [7, 11) is 0. The zero-order valence-corrected chi connectivity index (χ0v) is 11.5. The molecule has 0 heterocycles. The van der Waals surface area contributed by atoms with E-state index in [9.17, 15) is 9.90 Å². The van der Waals surface area contributed by atoms with Gasteiger partial charge in [0.1, 0.15) is 6.61 Å². The number of benzene rings is 1. The first-order chi connectivity index (χ1) is 9.08. The molecule has 1 atom stereocenters. The van der Waals surface area contributed by atoms with Crippen molar-refractivity contribution in [3.8, 4) is 0 Å². The van der Waals surface area contributed by atoms with Gasteiger partial charge >= 0.3 is 5.97 Å². The number of carbonyl (C=O) groups excluding carboxylic acids is 1. The van der Waals surface area contributed by atoms with Crippen molar-refractivity contribution in [3.63, 3.8) is 0 Å². The average Bonchev–Trinajstić information content (AvgIpc) is 2.43. The summed E-state index contributed by atoms with van der Waals surface area (Å²) in [6, 6.07) is 6.51. The lowest BCUT2D eigenvalue weighted by atomic mass is 10.1. The molecule has 0 aliphatic carbocycles. The van der Waals surface area contributed by atoms with Gasteiger partial charge in [-0.05, 0) is 30.8 Å². The van der Waals surface area contributed by atoms with Crippen LogP contribution in [0.2, 0.25) is 0 Å². The maximum Gasteiger partial charge on any atom is 0.339 e. The number of ether oxygens (including phenoxy) is 1. The average molecular weight is 266 g/mol. The van der Waals surface area contributed by atoms with Gasteiger partial charge in [0, 0.05) is 12.2 Å². The Kier molecular flexibility index (Phi) is 6.32. The number of nitrogen functional groups attached to an aromatic ring is 1. The van der Waals surface area contributed by atoms with Crippen LogP contribution >= 0.6 is 0 Å². The summed E-state index contributed by atoms with van der Waals surface area (Å²) < 4.78 is 5.06. The predicted octanol–water partition coefficient (Wildman–Crippen LogP) is 1.19. The van der Waals surface area contributed by atoms with Gasteiger partial charge in [-0.3, -0.25) is 0 Å². The molecule has 106 valence electrons. The number of carbonyl (C=O) groups is 1. The molecule has 1 aromatic carbocycles. The Morgan fingerprint density at radius 3 is 2.42 bits per heavy atom. The highest BCUT2D eigenvalue weighted by molar-refractivity contribution is 5.76. The minimum atomic E-state index is -1.25. The Labute approximate surface area is 114 Å². The van der Waals surface area contributed by atoms with Crippen molar-refractivity contribution in [2.24, 2.45) is 0 Å². The van der Waals surface area contributed by atoms with E-state index >= 15 is 0 Å². The number of hydrogen-bond donors (Lipinski definition) is 2. The van der Waals surface area contributed by atoms with E-state index in [0.29, 0.717) is 17.8 Å². The molecule has 0 aliphatic rings. The number of rotatable bonds is 7. The molecule has 0 fully saturated rings. The second-order valence-corrected chi connectivity index (χ2v) is 4.26. The third-order valence-electron chi connectivity index (χ3n) is 3.02. The van der Waals surface area contributed by atoms with Gasteiger partial charge < -0.3 is 20.5 Å². The Bertz CT molecular complexity index is 388. The Balaban J connectivity index is 2.42. The third kappa shape index (κ3) is 4.89. The molecule has 0 amide bonds. The van der Waals surface area contributed by atoms with Gasteiger partial charge in [-0.25, -0.2) is 4.79 Å². The number of aliphatic hydroxyl groups is 1. The van der Waals surface area contributed by atoms with Crippen LogP contribution in [0.3, 0.4) is 0 Å². The highest BCUT2D eigenvalue weighted by Gasteiger charge is 2.18. The van der Waals surface area contributed by atoms with Crippen LogP contribution in [0.25, 0.3) is 0 Å². The summed E-state index contributed by atoms with van der Waals surface area (Å²) in [6.45, 7) is 6.88. The molecule has 0 aliphatic heterocycles. The van der Waals surface area contributed by atoms with E-state index in [0.717, 1.165) is 13.1 Å². The molecule has 0 bridgehead atoms. The van der Waals surface area contributed by atoms with Crippen LogP contribution in [0.4, 0.5) is 5.69 Å². The molecule has 0 aromatic heterocycles. The molecule has 5 nitrogen and oxygen atoms in total. The van der Waals surface area contributed by atoms with Crippen LogP contribution in [-0.2, 0) is 9.53 Å². The first-order valence-corrected chi connectivity index (χ1v) is 6.51. The lowest BCUT2D eigenvalue weighted by Gasteiger charge is -2.18. The quantitative estimate of drug-likeness (QED) is 0.572. The fourth-order valence-corrected chi connectivity index (χ4v) is 1.71. The van der Waals surface area contributed by atoms with Crippen LogP contribution in [0.15, 0.2) is 24.3 Å². The molecule has 0 spiro atoms. The lowest BCUT2D eigenvalue weighted by molar-refractivity contribution is -0.154. The summed E-state index contributed by atoms with van der Waals surface area (Å²) >= 11 is 0. The van der Waals surface area contributed by atoms with Gasteiger partial charge in [0.05, 0.1) is 0 Å². The molecular weight excluding hydrogens is 244 g/mol. The van der Waals surface area contributed by atoms with Crippen molar-refractivity contribution in [3.05, 3.63) is 29.8 Å². The Morgan fingerprint density at radius 2 is 1.89 bits per heavy atom. The monoisotopic (exact) mass is 266 g/mol. The zero-order valence-electron chi connectivity index (χ0n) is 11.5. The number of nitrogens with two attached hydrogens (primary N) is 1. The van der Waals surface area contributed by atoms with Crippen molar-refractivity contribution in [2.75, 3.05) is 32.0 Å². The molecule has 1 aromatic rings. The van der Waals surface area contributed by atoms with E-state index < -0.39 is 12.1 Å². The fraction of sp³-hybridized carbons (Fsp3) is 0.500. The van der Waals surface area contributed by atoms with Crippen molar-refractivity contribution < 1.29 is 14.6 Å². The summed E-state index contributed by atoms with van der Waals surface area (Å²) in [5.41, 5.74) is 6.62. The molecule has 0 saturated heterocycles. The van der Waals surface area contributed by atoms with Crippen LogP contribution in [-0.4, -0.2) is 42.2 Å². The molecule has 3 N–H and O–H groups in total. The van der Waals surface area contributed by atoms with Gasteiger partial charge in [0.2, 0.25) is 0 Å². The molecule has 1 unspecified atom stereocenters. The van der Waals surface area contributed by atoms with Crippen molar-refractivity contribution >= 4 is 11.7 Å². The molecule has 0 saturated carbocycles. The van der Waals surface area contributed by atoms with Crippen molar-refractivity contribution in [1.82, 2.24) is 4.90 Å². The summed E-state index contributed by atoms with van der Waals surface area (Å²) in [5, 5.41) is 9.83. The third-order valence-corrected chi connectivity index (χ3v) is 3.02. The summed E-state index contributed by atoms with van der Waals surface area (Å²) in [6.07, 6.45) is -1.25. The first kappa shape index (κ1) is 15.5. The lowest BCUT2D eigenvalue weighted by Crippen LogP contribution is -2.28. The number of likely N-dealkylation sites (N-methyl/N-ethyl adjacent to an activating group) is 1. The van der Waals surface area contributed by atoms with Crippen molar-refractivity contribution in [1.29, 1.82) is 0 Å². The molecule has 1 rings (SSSR count). The number of anilines is 1. The maximum absolute atomic E-state index is 11.7. The van der Waals surface area contributed by atoms with Gasteiger partial charge in [0.15, 0.2) is 6.10 Å².